The van der Waals surface area contributed by atoms with Gasteiger partial charge in [-0.3, -0.25) is 0 Å². The monoisotopic (exact) mass is 249 g/mol. The van der Waals surface area contributed by atoms with Crippen LogP contribution in [0.1, 0.15) is 5.56 Å². The summed E-state index contributed by atoms with van der Waals surface area (Å²) < 4.78 is 32.6. The highest BCUT2D eigenvalue weighted by molar-refractivity contribution is 5.78. The molecule has 0 saturated heterocycles. The van der Waals surface area contributed by atoms with E-state index in [1.54, 1.807) is 18.2 Å². The lowest BCUT2D eigenvalue weighted by Gasteiger charge is -2.10. The minimum absolute atomic E-state index is 0.131. The Kier molecular flexibility index (Phi) is 3.19. The first-order valence-electron chi connectivity index (χ1n) is 5.42. The van der Waals surface area contributed by atoms with Crippen molar-refractivity contribution in [2.45, 2.75) is 6.92 Å². The molecule has 0 aliphatic rings. The number of anilines is 1. The molecule has 0 unspecified atom stereocenters. The molecule has 0 aliphatic heterocycles. The van der Waals surface area contributed by atoms with Crippen LogP contribution in [0.3, 0.4) is 0 Å². The fourth-order valence-electron chi connectivity index (χ4n) is 1.83. The van der Waals surface area contributed by atoms with E-state index in [9.17, 15) is 8.78 Å². The largest absolute Gasteiger partial charge is 0.497 e. The van der Waals surface area contributed by atoms with E-state index in [4.69, 9.17) is 10.5 Å². The van der Waals surface area contributed by atoms with Gasteiger partial charge in [0.25, 0.3) is 0 Å². The summed E-state index contributed by atoms with van der Waals surface area (Å²) in [6, 6.07) is 7.32. The minimum Gasteiger partial charge on any atom is -0.497 e. The molecule has 2 aromatic rings. The van der Waals surface area contributed by atoms with Gasteiger partial charge in [0.15, 0.2) is 0 Å². The van der Waals surface area contributed by atoms with Crippen LogP contribution in [0, 0.1) is 18.6 Å². The topological polar surface area (TPSA) is 35.2 Å². The van der Waals surface area contributed by atoms with Gasteiger partial charge in [-0.1, -0.05) is 12.1 Å². The van der Waals surface area contributed by atoms with Gasteiger partial charge >= 0.3 is 0 Å². The zero-order chi connectivity index (χ0) is 13.3. The van der Waals surface area contributed by atoms with Gasteiger partial charge in [-0.25, -0.2) is 8.78 Å². The first-order chi connectivity index (χ1) is 8.52. The van der Waals surface area contributed by atoms with Crippen molar-refractivity contribution in [3.05, 3.63) is 47.5 Å². The molecule has 0 saturated carbocycles. The number of halogens is 2. The first kappa shape index (κ1) is 12.4. The molecular weight excluding hydrogens is 236 g/mol. The van der Waals surface area contributed by atoms with Crippen molar-refractivity contribution in [1.82, 2.24) is 0 Å². The minimum atomic E-state index is -0.692. The smallest absolute Gasteiger partial charge is 0.137 e. The van der Waals surface area contributed by atoms with Crippen LogP contribution in [0.25, 0.3) is 11.1 Å². The van der Waals surface area contributed by atoms with E-state index in [0.717, 1.165) is 17.7 Å². The molecule has 4 heteroatoms. The van der Waals surface area contributed by atoms with Crippen LogP contribution in [-0.2, 0) is 0 Å². The molecule has 0 atom stereocenters. The molecule has 94 valence electrons. The quantitative estimate of drug-likeness (QED) is 0.826. The van der Waals surface area contributed by atoms with Crippen molar-refractivity contribution in [1.29, 1.82) is 0 Å². The summed E-state index contributed by atoms with van der Waals surface area (Å²) in [5.41, 5.74) is 7.29. The van der Waals surface area contributed by atoms with Crippen molar-refractivity contribution in [2.75, 3.05) is 12.8 Å². The molecule has 0 heterocycles. The van der Waals surface area contributed by atoms with E-state index in [1.807, 2.05) is 6.92 Å². The Hall–Kier alpha value is -2.10. The lowest BCUT2D eigenvalue weighted by atomic mass is 10.0. The van der Waals surface area contributed by atoms with Crippen molar-refractivity contribution in [3.8, 4) is 16.9 Å². The van der Waals surface area contributed by atoms with Crippen LogP contribution in [0.5, 0.6) is 5.75 Å². The van der Waals surface area contributed by atoms with Crippen molar-refractivity contribution in [2.24, 2.45) is 0 Å². The fourth-order valence-corrected chi connectivity index (χ4v) is 1.83. The van der Waals surface area contributed by atoms with Crippen LogP contribution in [0.2, 0.25) is 0 Å². The number of aryl methyl sites for hydroxylation is 1. The molecule has 0 spiro atoms. The maximum atomic E-state index is 13.9. The maximum absolute atomic E-state index is 13.9. The van der Waals surface area contributed by atoms with Crippen molar-refractivity contribution in [3.63, 3.8) is 0 Å². The Bertz CT molecular complexity index is 573. The summed E-state index contributed by atoms with van der Waals surface area (Å²) in [6.07, 6.45) is 0. The van der Waals surface area contributed by atoms with Crippen molar-refractivity contribution >= 4 is 5.69 Å². The molecule has 2 rings (SSSR count). The predicted octanol–water partition coefficient (Wildman–Crippen LogP) is 3.53. The number of nitrogen functional groups attached to an aromatic ring is 1. The van der Waals surface area contributed by atoms with Crippen LogP contribution in [0.15, 0.2) is 30.3 Å². The Labute approximate surface area is 104 Å². The Morgan fingerprint density at radius 3 is 2.17 bits per heavy atom. The lowest BCUT2D eigenvalue weighted by molar-refractivity contribution is 0.407. The summed E-state index contributed by atoms with van der Waals surface area (Å²) in [4.78, 5) is 0. The fraction of sp³-hybridized carbons (Fsp3) is 0.143. The van der Waals surface area contributed by atoms with Gasteiger partial charge in [-0.2, -0.15) is 0 Å². The molecule has 0 aliphatic carbocycles. The van der Waals surface area contributed by atoms with Gasteiger partial charge in [0.05, 0.1) is 12.7 Å². The van der Waals surface area contributed by atoms with Gasteiger partial charge in [0.2, 0.25) is 0 Å². The predicted molar refractivity (Wildman–Crippen MR) is 67.5 cm³/mol. The molecule has 0 fully saturated rings. The summed E-state index contributed by atoms with van der Waals surface area (Å²) in [7, 11) is 1.36. The molecule has 0 bridgehead atoms. The number of ether oxygens (including phenoxy) is 1. The maximum Gasteiger partial charge on any atom is 0.137 e. The van der Waals surface area contributed by atoms with E-state index < -0.39 is 11.6 Å². The van der Waals surface area contributed by atoms with E-state index in [0.29, 0.717) is 11.3 Å². The normalized spacial score (nSPS) is 10.4. The molecule has 0 aromatic heterocycles. The van der Waals surface area contributed by atoms with E-state index >= 15 is 0 Å². The number of hydrogen-bond donors (Lipinski definition) is 1. The second-order valence-electron chi connectivity index (χ2n) is 4.06. The van der Waals surface area contributed by atoms with Gasteiger partial charge in [0, 0.05) is 23.4 Å². The third kappa shape index (κ3) is 2.14. The Balaban J connectivity index is 2.64. The number of rotatable bonds is 2. The van der Waals surface area contributed by atoms with Crippen LogP contribution < -0.4 is 10.5 Å². The first-order valence-corrected chi connectivity index (χ1v) is 5.42. The van der Waals surface area contributed by atoms with Gasteiger partial charge in [0.1, 0.15) is 17.4 Å². The van der Waals surface area contributed by atoms with E-state index in [-0.39, 0.29) is 11.3 Å². The van der Waals surface area contributed by atoms with E-state index in [2.05, 4.69) is 0 Å². The zero-order valence-electron chi connectivity index (χ0n) is 10.1. The highest BCUT2D eigenvalue weighted by Gasteiger charge is 2.15. The molecule has 0 amide bonds. The van der Waals surface area contributed by atoms with Crippen LogP contribution in [-0.4, -0.2) is 7.11 Å². The zero-order valence-corrected chi connectivity index (χ0v) is 10.1. The van der Waals surface area contributed by atoms with E-state index in [1.165, 1.54) is 7.11 Å². The van der Waals surface area contributed by atoms with Crippen LogP contribution >= 0.6 is 0 Å². The molecule has 2 aromatic carbocycles. The third-order valence-electron chi connectivity index (χ3n) is 2.73. The molecule has 0 radical (unpaired) electrons. The number of hydrogen-bond acceptors (Lipinski definition) is 2. The summed E-state index contributed by atoms with van der Waals surface area (Å²) >= 11 is 0. The van der Waals surface area contributed by atoms with Crippen molar-refractivity contribution < 1.29 is 13.5 Å². The molecule has 18 heavy (non-hydrogen) atoms. The molecule has 2 nitrogen and oxygen atoms in total. The average molecular weight is 249 g/mol. The average Bonchev–Trinajstić information content (AvgIpc) is 2.30. The second-order valence-corrected chi connectivity index (χ2v) is 4.06. The number of methoxy groups -OCH3 is 1. The molecule has 2 N–H and O–H groups in total. The standard InChI is InChI=1S/C14H13F2NO/c1-8-3-4-10(13(17)5-8)14-11(15)6-9(18-2)7-12(14)16/h3-7H,17H2,1-2H3. The second kappa shape index (κ2) is 4.64. The lowest BCUT2D eigenvalue weighted by Crippen LogP contribution is -1.97. The highest BCUT2D eigenvalue weighted by atomic mass is 19.1. The van der Waals surface area contributed by atoms with Gasteiger partial charge in [-0.15, -0.1) is 0 Å². The summed E-state index contributed by atoms with van der Waals surface area (Å²) in [5, 5.41) is 0. The van der Waals surface area contributed by atoms with Gasteiger partial charge < -0.3 is 10.5 Å². The third-order valence-corrected chi connectivity index (χ3v) is 2.73. The summed E-state index contributed by atoms with van der Waals surface area (Å²) in [6.45, 7) is 1.86. The van der Waals surface area contributed by atoms with Gasteiger partial charge in [-0.05, 0) is 18.6 Å². The highest BCUT2D eigenvalue weighted by Crippen LogP contribution is 2.33. The Morgan fingerprint density at radius 1 is 1.06 bits per heavy atom. The SMILES string of the molecule is COc1cc(F)c(-c2ccc(C)cc2N)c(F)c1. The number of nitrogens with two attached hydrogens (primary N) is 1. The summed E-state index contributed by atoms with van der Waals surface area (Å²) in [5.74, 6) is -1.25. The molecular formula is C14H13F2NO. The number of benzene rings is 2. The van der Waals surface area contributed by atoms with Crippen LogP contribution in [0.4, 0.5) is 14.5 Å². The Morgan fingerprint density at radius 2 is 1.67 bits per heavy atom.